The van der Waals surface area contributed by atoms with Gasteiger partial charge in [-0.25, -0.2) is 4.98 Å². The first-order valence-corrected chi connectivity index (χ1v) is 9.53. The molecule has 4 aromatic rings. The number of nitro benzene ring substituents is 2. The fourth-order valence-electron chi connectivity index (χ4n) is 3.36. The van der Waals surface area contributed by atoms with Crippen LogP contribution in [-0.2, 0) is 0 Å². The Labute approximate surface area is 181 Å². The lowest BCUT2D eigenvalue weighted by Crippen LogP contribution is -2.14. The number of carbonyl (C=O) groups excluding carboxylic acids is 1. The van der Waals surface area contributed by atoms with Gasteiger partial charge in [-0.1, -0.05) is 12.1 Å². The number of aromatic nitrogens is 2. The maximum absolute atomic E-state index is 12.7. The van der Waals surface area contributed by atoms with Gasteiger partial charge < -0.3 is 9.72 Å². The predicted molar refractivity (Wildman–Crippen MR) is 118 cm³/mol. The highest BCUT2D eigenvalue weighted by molar-refractivity contribution is 6.06. The van der Waals surface area contributed by atoms with Gasteiger partial charge in [-0.05, 0) is 43.7 Å². The van der Waals surface area contributed by atoms with Crippen molar-refractivity contribution in [3.05, 3.63) is 97.8 Å². The molecule has 1 N–H and O–H groups in total. The third-order valence-corrected chi connectivity index (χ3v) is 5.07. The van der Waals surface area contributed by atoms with Gasteiger partial charge in [-0.3, -0.25) is 25.0 Å². The molecule has 10 heteroatoms. The summed E-state index contributed by atoms with van der Waals surface area (Å²) >= 11 is 0. The van der Waals surface area contributed by atoms with Crippen LogP contribution in [0.2, 0.25) is 0 Å². The Morgan fingerprint density at radius 3 is 2.38 bits per heavy atom. The van der Waals surface area contributed by atoms with Crippen molar-refractivity contribution in [3.8, 4) is 11.3 Å². The van der Waals surface area contributed by atoms with E-state index in [2.05, 4.69) is 10.3 Å². The number of aryl methyl sites for hydroxylation is 1. The van der Waals surface area contributed by atoms with Crippen LogP contribution in [0.4, 0.5) is 17.1 Å². The van der Waals surface area contributed by atoms with Crippen LogP contribution >= 0.6 is 0 Å². The minimum atomic E-state index is -0.769. The summed E-state index contributed by atoms with van der Waals surface area (Å²) in [7, 11) is 0. The molecule has 0 spiro atoms. The van der Waals surface area contributed by atoms with E-state index in [4.69, 9.17) is 0 Å². The third kappa shape index (κ3) is 3.88. The Hall–Kier alpha value is -4.60. The van der Waals surface area contributed by atoms with E-state index >= 15 is 0 Å². The zero-order valence-electron chi connectivity index (χ0n) is 17.1. The highest BCUT2D eigenvalue weighted by Crippen LogP contribution is 2.29. The number of imidazole rings is 1. The van der Waals surface area contributed by atoms with Gasteiger partial charge in [0.25, 0.3) is 17.3 Å². The van der Waals surface area contributed by atoms with E-state index in [0.29, 0.717) is 5.69 Å². The molecule has 0 saturated carbocycles. The minimum Gasteiger partial charge on any atom is -0.322 e. The summed E-state index contributed by atoms with van der Waals surface area (Å²) in [6.07, 6.45) is 3.82. The highest BCUT2D eigenvalue weighted by atomic mass is 16.6. The number of carbonyl (C=O) groups is 1. The van der Waals surface area contributed by atoms with Crippen LogP contribution in [0.15, 0.2) is 60.9 Å². The van der Waals surface area contributed by atoms with Crippen molar-refractivity contribution in [2.45, 2.75) is 13.8 Å². The predicted octanol–water partition coefficient (Wildman–Crippen LogP) is 4.69. The number of pyridine rings is 1. The van der Waals surface area contributed by atoms with Crippen LogP contribution in [0.3, 0.4) is 0 Å². The van der Waals surface area contributed by atoms with Gasteiger partial charge in [-0.15, -0.1) is 0 Å². The van der Waals surface area contributed by atoms with Crippen molar-refractivity contribution in [3.63, 3.8) is 0 Å². The number of fused-ring (bicyclic) bond motifs is 1. The monoisotopic (exact) mass is 431 g/mol. The highest BCUT2D eigenvalue weighted by Gasteiger charge is 2.24. The van der Waals surface area contributed by atoms with E-state index in [-0.39, 0.29) is 11.1 Å². The third-order valence-electron chi connectivity index (χ3n) is 5.07. The first kappa shape index (κ1) is 20.7. The lowest BCUT2D eigenvalue weighted by molar-refractivity contribution is -0.394. The van der Waals surface area contributed by atoms with Gasteiger partial charge >= 0.3 is 0 Å². The second-order valence-electron chi connectivity index (χ2n) is 7.28. The molecule has 0 saturated heterocycles. The number of nitro groups is 2. The van der Waals surface area contributed by atoms with Crippen molar-refractivity contribution in [1.29, 1.82) is 0 Å². The molecule has 0 fully saturated rings. The van der Waals surface area contributed by atoms with Crippen LogP contribution in [0.5, 0.6) is 0 Å². The Balaban J connectivity index is 1.60. The average molecular weight is 431 g/mol. The summed E-state index contributed by atoms with van der Waals surface area (Å²) in [5, 5.41) is 25.0. The summed E-state index contributed by atoms with van der Waals surface area (Å²) in [6.45, 7) is 3.37. The van der Waals surface area contributed by atoms with Crippen LogP contribution in [0.1, 0.15) is 21.5 Å². The normalized spacial score (nSPS) is 10.8. The fourth-order valence-corrected chi connectivity index (χ4v) is 3.36. The number of hydrogen-bond acceptors (Lipinski definition) is 6. The Bertz CT molecular complexity index is 1390. The van der Waals surface area contributed by atoms with E-state index in [1.807, 2.05) is 35.9 Å². The summed E-state index contributed by atoms with van der Waals surface area (Å²) in [4.78, 5) is 38.1. The van der Waals surface area contributed by atoms with Crippen molar-refractivity contribution in [2.75, 3.05) is 5.32 Å². The molecule has 0 unspecified atom stereocenters. The van der Waals surface area contributed by atoms with E-state index in [9.17, 15) is 25.0 Å². The molecule has 160 valence electrons. The molecule has 0 atom stereocenters. The number of rotatable bonds is 5. The maximum atomic E-state index is 12.7. The molecule has 0 aliphatic carbocycles. The van der Waals surface area contributed by atoms with Gasteiger partial charge in [0.05, 0.1) is 27.2 Å². The van der Waals surface area contributed by atoms with Gasteiger partial charge in [0, 0.05) is 35.3 Å². The molecule has 0 aliphatic heterocycles. The van der Waals surface area contributed by atoms with Crippen LogP contribution < -0.4 is 5.32 Å². The molecule has 2 aromatic carbocycles. The summed E-state index contributed by atoms with van der Waals surface area (Å²) in [6, 6.07) is 12.7. The quantitative estimate of drug-likeness (QED) is 0.360. The number of nitrogens with zero attached hydrogens (tertiary/aromatic N) is 4. The van der Waals surface area contributed by atoms with Gasteiger partial charge in [0.2, 0.25) is 0 Å². The topological polar surface area (TPSA) is 133 Å². The van der Waals surface area contributed by atoms with Crippen LogP contribution in [0, 0.1) is 34.1 Å². The molecule has 2 aromatic heterocycles. The molecule has 32 heavy (non-hydrogen) atoms. The second kappa shape index (κ2) is 7.91. The van der Waals surface area contributed by atoms with Crippen molar-refractivity contribution in [1.82, 2.24) is 9.38 Å². The van der Waals surface area contributed by atoms with Crippen molar-refractivity contribution >= 4 is 28.6 Å². The van der Waals surface area contributed by atoms with E-state index < -0.39 is 27.1 Å². The van der Waals surface area contributed by atoms with E-state index in [0.717, 1.165) is 34.6 Å². The Morgan fingerprint density at radius 2 is 1.72 bits per heavy atom. The van der Waals surface area contributed by atoms with Crippen molar-refractivity contribution in [2.24, 2.45) is 0 Å². The van der Waals surface area contributed by atoms with Crippen LogP contribution in [-0.4, -0.2) is 25.1 Å². The lowest BCUT2D eigenvalue weighted by Gasteiger charge is -2.09. The number of hydrogen-bond donors (Lipinski definition) is 1. The van der Waals surface area contributed by atoms with E-state index in [1.165, 1.54) is 6.92 Å². The molecule has 0 aliphatic rings. The second-order valence-corrected chi connectivity index (χ2v) is 7.28. The standard InChI is InChI=1S/C22H17N5O5/c1-13-7-8-25-12-19(24-21(25)9-13)15-3-5-16(6-4-15)23-22(28)18-10-17(26(29)30)11-20(14(18)2)27(31)32/h3-12H,1-2H3,(H,23,28). The largest absolute Gasteiger partial charge is 0.322 e. The molecule has 0 bridgehead atoms. The number of benzene rings is 2. The summed E-state index contributed by atoms with van der Waals surface area (Å²) < 4.78 is 1.91. The molecule has 0 radical (unpaired) electrons. The molecule has 1 amide bonds. The van der Waals surface area contributed by atoms with Gasteiger partial charge in [0.1, 0.15) is 5.65 Å². The first-order chi connectivity index (χ1) is 15.2. The number of anilines is 1. The molecule has 10 nitrogen and oxygen atoms in total. The minimum absolute atomic E-state index is 0.0507. The Morgan fingerprint density at radius 1 is 1.00 bits per heavy atom. The smallest absolute Gasteiger partial charge is 0.279 e. The summed E-state index contributed by atoms with van der Waals surface area (Å²) in [5.41, 5.74) is 2.87. The first-order valence-electron chi connectivity index (χ1n) is 9.53. The summed E-state index contributed by atoms with van der Waals surface area (Å²) in [5.74, 6) is -0.676. The Kier molecular flexibility index (Phi) is 5.11. The number of non-ortho nitro benzene ring substituents is 1. The molecule has 4 rings (SSSR count). The molecule has 2 heterocycles. The zero-order valence-corrected chi connectivity index (χ0v) is 17.1. The SMILES string of the molecule is Cc1ccn2cc(-c3ccc(NC(=O)c4cc([N+](=O)[O-])cc([N+](=O)[O-])c4C)cc3)nc2c1. The number of nitrogens with one attached hydrogen (secondary N) is 1. The zero-order chi connectivity index (χ0) is 23.0. The molecular formula is C22H17N5O5. The van der Waals surface area contributed by atoms with Gasteiger partial charge in [-0.2, -0.15) is 0 Å². The maximum Gasteiger partial charge on any atom is 0.279 e. The van der Waals surface area contributed by atoms with Gasteiger partial charge in [0.15, 0.2) is 0 Å². The van der Waals surface area contributed by atoms with E-state index in [1.54, 1.807) is 24.3 Å². The molecular weight excluding hydrogens is 414 g/mol. The number of amides is 1. The van der Waals surface area contributed by atoms with Crippen molar-refractivity contribution < 1.29 is 14.6 Å². The average Bonchev–Trinajstić information content (AvgIpc) is 3.17. The fraction of sp³-hybridized carbons (Fsp3) is 0.0909. The lowest BCUT2D eigenvalue weighted by atomic mass is 10.0. The van der Waals surface area contributed by atoms with Crippen LogP contribution in [0.25, 0.3) is 16.9 Å².